The van der Waals surface area contributed by atoms with E-state index in [4.69, 9.17) is 25.8 Å². The van der Waals surface area contributed by atoms with E-state index in [1.54, 1.807) is 39.8 Å². The number of nitrogens with one attached hydrogen (secondary N) is 1. The van der Waals surface area contributed by atoms with Crippen LogP contribution in [0.5, 0.6) is 0 Å². The van der Waals surface area contributed by atoms with Crippen molar-refractivity contribution in [2.45, 2.75) is 122 Å². The Hall–Kier alpha value is -3.29. The summed E-state index contributed by atoms with van der Waals surface area (Å²) in [6.07, 6.45) is -0.386. The molecule has 2 amide bonds. The monoisotopic (exact) mass is 716 g/mol. The molecule has 4 unspecified atom stereocenters. The van der Waals surface area contributed by atoms with Crippen molar-refractivity contribution in [3.8, 4) is 0 Å². The van der Waals surface area contributed by atoms with Crippen LogP contribution in [0.15, 0.2) is 35.9 Å². The summed E-state index contributed by atoms with van der Waals surface area (Å²) in [6.45, 7) is 13.2. The predicted octanol–water partition coefficient (Wildman–Crippen LogP) is 4.24. The maximum atomic E-state index is 14.5. The summed E-state index contributed by atoms with van der Waals surface area (Å²) >= 11 is 6.88. The topological polar surface area (TPSA) is 175 Å². The zero-order valence-corrected chi connectivity index (χ0v) is 30.6. The lowest BCUT2D eigenvalue weighted by molar-refractivity contribution is -0.163. The molecule has 12 nitrogen and oxygen atoms in total. The molecular weight excluding hydrogens is 668 g/mol. The molecule has 13 heteroatoms. The van der Waals surface area contributed by atoms with Crippen molar-refractivity contribution in [3.63, 3.8) is 0 Å². The van der Waals surface area contributed by atoms with E-state index >= 15 is 0 Å². The Labute approximate surface area is 297 Å². The molecular formula is C37H49ClN2O10. The number of alkyl carbamates (subject to hydrolysis) is 1. The number of benzene rings is 1. The standard InChI is InChI=1S/C37H49ClN2O10/c1-18-10-9-11-21(4)37(47)16-26(48-34(45)39-37)23(6)32-36(8,50-32)29-15-30(43)40(25-14-24(22(18)5)12-19(2)31(25)38)17-28(42)35(7,46)27(41)13-20(3)33(44)49-29/h9-12,14,20-23,26,28-29,32,42,46-47H,13,15-17H2,1-8H3,(H,39,45)/b11-9+,18-10?/t20-,21-,22?,23-,26+,28?,29+,32?,35?,36+,37+/m1/s1. The van der Waals surface area contributed by atoms with Gasteiger partial charge in [-0.1, -0.05) is 69.2 Å². The van der Waals surface area contributed by atoms with Crippen LogP contribution >= 0.6 is 11.6 Å². The van der Waals surface area contributed by atoms with Crippen LogP contribution in [-0.4, -0.2) is 87.0 Å². The van der Waals surface area contributed by atoms with E-state index in [9.17, 15) is 34.5 Å². The quantitative estimate of drug-likeness (QED) is 0.225. The SMILES string of the molecule is CC1=C/C=C/[C@@H](C)[C@@]2(O)C[C@H](OC(=O)N2)[C@@H](C)C2O[C@@]2(C)[C@@H]2CC(=O)N(CC(O)C(C)(O)C(=O)C[C@@H](C)C(=O)O2)c2cc(cc(C)c2Cl)C1C. The molecule has 0 aromatic heterocycles. The number of halogens is 1. The minimum absolute atomic E-state index is 0.0399. The van der Waals surface area contributed by atoms with Gasteiger partial charge in [0.15, 0.2) is 5.78 Å². The number of aliphatic hydroxyl groups excluding tert-OH is 1. The van der Waals surface area contributed by atoms with E-state index in [-0.39, 0.29) is 23.0 Å². The predicted molar refractivity (Wildman–Crippen MR) is 184 cm³/mol. The number of hydrogen-bond donors (Lipinski definition) is 4. The fourth-order valence-electron chi connectivity index (χ4n) is 7.15. The van der Waals surface area contributed by atoms with Crippen molar-refractivity contribution < 1.29 is 48.7 Å². The fourth-order valence-corrected chi connectivity index (χ4v) is 7.36. The molecule has 1 aromatic rings. The van der Waals surface area contributed by atoms with Gasteiger partial charge in [-0.25, -0.2) is 4.79 Å². The summed E-state index contributed by atoms with van der Waals surface area (Å²) in [5.74, 6) is -4.39. The van der Waals surface area contributed by atoms with Crippen molar-refractivity contribution in [1.29, 1.82) is 0 Å². The largest absolute Gasteiger partial charge is 0.458 e. The van der Waals surface area contributed by atoms with Gasteiger partial charge in [0.25, 0.3) is 0 Å². The third-order valence-corrected chi connectivity index (χ3v) is 11.8. The number of aliphatic hydroxyl groups is 3. The van der Waals surface area contributed by atoms with Crippen molar-refractivity contribution >= 4 is 41.0 Å². The number of fused-ring (bicyclic) bond motifs is 10. The number of nitrogens with zero attached hydrogens (tertiary/aromatic N) is 1. The van der Waals surface area contributed by atoms with Crippen LogP contribution in [0.2, 0.25) is 5.02 Å². The second-order valence-corrected chi connectivity index (χ2v) is 15.5. The van der Waals surface area contributed by atoms with Gasteiger partial charge in [-0.05, 0) is 44.9 Å². The van der Waals surface area contributed by atoms with Gasteiger partial charge in [0, 0.05) is 30.6 Å². The summed E-state index contributed by atoms with van der Waals surface area (Å²) in [5, 5.41) is 37.0. The van der Waals surface area contributed by atoms with Crippen LogP contribution in [0.25, 0.3) is 0 Å². The van der Waals surface area contributed by atoms with Crippen LogP contribution in [0.3, 0.4) is 0 Å². The molecule has 4 aliphatic heterocycles. The number of epoxide rings is 1. The molecule has 0 aliphatic carbocycles. The normalized spacial score (nSPS) is 40.7. The van der Waals surface area contributed by atoms with Crippen LogP contribution in [0.4, 0.5) is 10.5 Å². The summed E-state index contributed by atoms with van der Waals surface area (Å²) < 4.78 is 17.8. The summed E-state index contributed by atoms with van der Waals surface area (Å²) in [7, 11) is 0. The number of amides is 2. The zero-order chi connectivity index (χ0) is 37.1. The first kappa shape index (κ1) is 38.0. The number of aryl methyl sites for hydroxylation is 1. The molecule has 4 heterocycles. The molecule has 5 rings (SSSR count). The van der Waals surface area contributed by atoms with Crippen molar-refractivity contribution in [2.75, 3.05) is 11.4 Å². The minimum atomic E-state index is -2.30. The highest BCUT2D eigenvalue weighted by molar-refractivity contribution is 6.34. The number of allylic oxidation sites excluding steroid dienone is 3. The van der Waals surface area contributed by atoms with Crippen LogP contribution in [0, 0.1) is 24.7 Å². The summed E-state index contributed by atoms with van der Waals surface area (Å²) in [6, 6.07) is 3.64. The summed E-state index contributed by atoms with van der Waals surface area (Å²) in [5.41, 5.74) is -2.51. The molecule has 3 fully saturated rings. The third-order valence-electron chi connectivity index (χ3n) is 11.3. The van der Waals surface area contributed by atoms with Crippen molar-refractivity contribution in [2.24, 2.45) is 17.8 Å². The Morgan fingerprint density at radius 2 is 1.68 bits per heavy atom. The van der Waals surface area contributed by atoms with Gasteiger partial charge in [0.1, 0.15) is 35.2 Å². The number of ether oxygens (including phenoxy) is 3. The minimum Gasteiger partial charge on any atom is -0.458 e. The second kappa shape index (κ2) is 13.7. The van der Waals surface area contributed by atoms with Gasteiger partial charge in [-0.3, -0.25) is 19.7 Å². The van der Waals surface area contributed by atoms with Crippen molar-refractivity contribution in [1.82, 2.24) is 5.32 Å². The Morgan fingerprint density at radius 1 is 1.00 bits per heavy atom. The molecule has 0 saturated carbocycles. The lowest BCUT2D eigenvalue weighted by Gasteiger charge is -2.41. The third kappa shape index (κ3) is 7.10. The zero-order valence-electron chi connectivity index (χ0n) is 29.9. The first-order valence-electron chi connectivity index (χ1n) is 17.2. The van der Waals surface area contributed by atoms with E-state index in [0.717, 1.165) is 18.1 Å². The Morgan fingerprint density at radius 3 is 2.36 bits per heavy atom. The number of ketones is 1. The molecule has 11 atom stereocenters. The van der Waals surface area contributed by atoms with Gasteiger partial charge in [0.05, 0.1) is 35.7 Å². The van der Waals surface area contributed by atoms with Crippen LogP contribution < -0.4 is 10.2 Å². The lowest BCUT2D eigenvalue weighted by Crippen LogP contribution is -2.60. The lowest BCUT2D eigenvalue weighted by atomic mass is 9.82. The molecule has 274 valence electrons. The average Bonchev–Trinajstić information content (AvgIpc) is 3.74. The molecule has 4 N–H and O–H groups in total. The number of esters is 1. The second-order valence-electron chi connectivity index (χ2n) is 15.1. The van der Waals surface area contributed by atoms with Gasteiger partial charge in [-0.15, -0.1) is 0 Å². The molecule has 3 saturated heterocycles. The van der Waals surface area contributed by atoms with E-state index in [1.807, 2.05) is 32.1 Å². The van der Waals surface area contributed by atoms with Gasteiger partial charge in [-0.2, -0.15) is 0 Å². The molecule has 1 aromatic carbocycles. The van der Waals surface area contributed by atoms with Crippen molar-refractivity contribution in [3.05, 3.63) is 52.1 Å². The van der Waals surface area contributed by atoms with E-state index < -0.39 is 102 Å². The first-order chi connectivity index (χ1) is 23.2. The number of carbonyl (C=O) groups is 4. The summed E-state index contributed by atoms with van der Waals surface area (Å²) in [4.78, 5) is 55.3. The molecule has 0 spiro atoms. The van der Waals surface area contributed by atoms with Gasteiger partial charge < -0.3 is 34.4 Å². The van der Waals surface area contributed by atoms with Crippen LogP contribution in [-0.2, 0) is 28.6 Å². The number of hydrogen-bond acceptors (Lipinski definition) is 10. The molecule has 50 heavy (non-hydrogen) atoms. The Balaban J connectivity index is 1.68. The maximum absolute atomic E-state index is 14.5. The van der Waals surface area contributed by atoms with E-state index in [0.29, 0.717) is 5.56 Å². The molecule has 6 bridgehead atoms. The fraction of sp³-hybridized carbons (Fsp3) is 0.622. The Bertz CT molecular complexity index is 1620. The van der Waals surface area contributed by atoms with E-state index in [2.05, 4.69) is 5.32 Å². The highest BCUT2D eigenvalue weighted by Gasteiger charge is 2.64. The highest BCUT2D eigenvalue weighted by atomic mass is 35.5. The number of carbonyl (C=O) groups excluding carboxylic acids is 4. The highest BCUT2D eigenvalue weighted by Crippen LogP contribution is 2.49. The Kier molecular flexibility index (Phi) is 10.4. The first-order valence-corrected chi connectivity index (χ1v) is 17.6. The van der Waals surface area contributed by atoms with Crippen LogP contribution in [0.1, 0.15) is 84.8 Å². The number of anilines is 1. The molecule has 4 aliphatic rings. The number of Topliss-reactive ketones (excluding diaryl/α,β-unsaturated/α-hetero) is 1. The van der Waals surface area contributed by atoms with Gasteiger partial charge in [0.2, 0.25) is 5.91 Å². The van der Waals surface area contributed by atoms with E-state index in [1.165, 1.54) is 11.8 Å². The number of rotatable bonds is 0. The molecule has 0 radical (unpaired) electrons. The van der Waals surface area contributed by atoms with Gasteiger partial charge >= 0.3 is 12.1 Å². The average molecular weight is 717 g/mol. The maximum Gasteiger partial charge on any atom is 0.409 e. The smallest absolute Gasteiger partial charge is 0.409 e.